The van der Waals surface area contributed by atoms with Crippen molar-refractivity contribution in [2.75, 3.05) is 13.7 Å². The summed E-state index contributed by atoms with van der Waals surface area (Å²) in [5, 5.41) is 3.37. The molecule has 0 aliphatic carbocycles. The van der Waals surface area contributed by atoms with Gasteiger partial charge in [-0.1, -0.05) is 0 Å². The van der Waals surface area contributed by atoms with Crippen LogP contribution in [0, 0.1) is 0 Å². The van der Waals surface area contributed by atoms with Crippen LogP contribution in [0.5, 0.6) is 0 Å². The lowest BCUT2D eigenvalue weighted by molar-refractivity contribution is 0.193. The van der Waals surface area contributed by atoms with Gasteiger partial charge in [0.1, 0.15) is 0 Å². The predicted molar refractivity (Wildman–Crippen MR) is 38.4 cm³/mol. The van der Waals surface area contributed by atoms with E-state index in [1.54, 1.807) is 13.3 Å². The van der Waals surface area contributed by atoms with Gasteiger partial charge in [-0.3, -0.25) is 0 Å². The van der Waals surface area contributed by atoms with E-state index in [0.717, 1.165) is 25.9 Å². The quantitative estimate of drug-likeness (QED) is 0.258. The Bertz CT molecular complexity index is 73.5. The van der Waals surface area contributed by atoms with E-state index in [4.69, 9.17) is 10.6 Å². The van der Waals surface area contributed by atoms with Crippen molar-refractivity contribution in [2.45, 2.75) is 19.3 Å². The first kappa shape index (κ1) is 8.43. The normalized spacial score (nSPS) is 10.8. The minimum Gasteiger partial charge on any atom is -0.385 e. The number of hydrogen-bond acceptors (Lipinski definition) is 3. The van der Waals surface area contributed by atoms with Crippen molar-refractivity contribution in [3.05, 3.63) is 0 Å². The smallest absolute Gasteiger partial charge is 0.0462 e. The van der Waals surface area contributed by atoms with Gasteiger partial charge in [-0.2, -0.15) is 5.10 Å². The molecule has 0 aliphatic heterocycles. The lowest BCUT2D eigenvalue weighted by Gasteiger charge is -1.93. The highest BCUT2D eigenvalue weighted by atomic mass is 16.5. The summed E-state index contributed by atoms with van der Waals surface area (Å²) in [4.78, 5) is 0. The van der Waals surface area contributed by atoms with Gasteiger partial charge in [0.2, 0.25) is 0 Å². The van der Waals surface area contributed by atoms with Gasteiger partial charge in [-0.05, 0) is 19.3 Å². The van der Waals surface area contributed by atoms with Gasteiger partial charge in [0, 0.05) is 19.9 Å². The van der Waals surface area contributed by atoms with Crippen molar-refractivity contribution < 1.29 is 4.74 Å². The molecule has 3 heteroatoms. The van der Waals surface area contributed by atoms with E-state index in [1.807, 2.05) is 0 Å². The van der Waals surface area contributed by atoms with E-state index in [1.165, 1.54) is 0 Å². The monoisotopic (exact) mass is 130 g/mol. The molecule has 0 aromatic rings. The second kappa shape index (κ2) is 7.43. The molecule has 0 aromatic heterocycles. The van der Waals surface area contributed by atoms with Gasteiger partial charge in [-0.25, -0.2) is 0 Å². The minimum absolute atomic E-state index is 0.832. The van der Waals surface area contributed by atoms with Crippen molar-refractivity contribution in [3.8, 4) is 0 Å². The Labute approximate surface area is 55.9 Å². The summed E-state index contributed by atoms with van der Waals surface area (Å²) >= 11 is 0. The van der Waals surface area contributed by atoms with Crippen LogP contribution in [0.1, 0.15) is 19.3 Å². The second-order valence-corrected chi connectivity index (χ2v) is 1.82. The molecule has 0 spiro atoms. The van der Waals surface area contributed by atoms with E-state index in [2.05, 4.69) is 5.10 Å². The van der Waals surface area contributed by atoms with E-state index >= 15 is 0 Å². The van der Waals surface area contributed by atoms with Gasteiger partial charge in [0.15, 0.2) is 0 Å². The molecule has 54 valence electrons. The first-order valence-corrected chi connectivity index (χ1v) is 3.12. The van der Waals surface area contributed by atoms with Crippen molar-refractivity contribution >= 4 is 6.21 Å². The van der Waals surface area contributed by atoms with Crippen molar-refractivity contribution in [1.29, 1.82) is 0 Å². The molecule has 0 aromatic carbocycles. The standard InChI is InChI=1S/C6H14N2O/c1-9-6-4-2-3-5-8-7/h5H,2-4,6-7H2,1H3/b8-5+. The topological polar surface area (TPSA) is 47.6 Å². The highest BCUT2D eigenvalue weighted by molar-refractivity contribution is 5.56. The highest BCUT2D eigenvalue weighted by Crippen LogP contribution is 1.91. The number of nitrogens with zero attached hydrogens (tertiary/aromatic N) is 1. The van der Waals surface area contributed by atoms with Gasteiger partial charge in [0.25, 0.3) is 0 Å². The second-order valence-electron chi connectivity index (χ2n) is 1.82. The summed E-state index contributed by atoms with van der Waals surface area (Å²) in [6.45, 7) is 0.832. The number of nitrogens with two attached hydrogens (primary N) is 1. The summed E-state index contributed by atoms with van der Waals surface area (Å²) in [6.07, 6.45) is 4.87. The molecule has 0 aliphatic rings. The van der Waals surface area contributed by atoms with Gasteiger partial charge in [0.05, 0.1) is 0 Å². The van der Waals surface area contributed by atoms with Crippen LogP contribution in [0.4, 0.5) is 0 Å². The maximum atomic E-state index is 4.88. The van der Waals surface area contributed by atoms with Crippen molar-refractivity contribution in [3.63, 3.8) is 0 Å². The molecule has 2 N–H and O–H groups in total. The van der Waals surface area contributed by atoms with Crippen molar-refractivity contribution in [1.82, 2.24) is 0 Å². The largest absolute Gasteiger partial charge is 0.385 e. The number of hydrogen-bond donors (Lipinski definition) is 1. The summed E-state index contributed by atoms with van der Waals surface area (Å²) in [5.74, 6) is 4.88. The van der Waals surface area contributed by atoms with E-state index in [9.17, 15) is 0 Å². The zero-order chi connectivity index (χ0) is 6.95. The molecule has 0 bridgehead atoms. The van der Waals surface area contributed by atoms with Gasteiger partial charge < -0.3 is 10.6 Å². The van der Waals surface area contributed by atoms with Crippen molar-refractivity contribution in [2.24, 2.45) is 10.9 Å². The Balaban J connectivity index is 2.75. The van der Waals surface area contributed by atoms with Crippen LogP contribution in [-0.4, -0.2) is 19.9 Å². The molecule has 0 fully saturated rings. The fourth-order valence-corrected chi connectivity index (χ4v) is 0.557. The zero-order valence-electron chi connectivity index (χ0n) is 5.84. The molecule has 0 rings (SSSR count). The van der Waals surface area contributed by atoms with E-state index in [-0.39, 0.29) is 0 Å². The summed E-state index contributed by atoms with van der Waals surface area (Å²) < 4.78 is 4.85. The fourth-order valence-electron chi connectivity index (χ4n) is 0.557. The molecular formula is C6H14N2O. The molecule has 0 saturated carbocycles. The minimum atomic E-state index is 0.832. The third-order valence-electron chi connectivity index (χ3n) is 1.04. The summed E-state index contributed by atoms with van der Waals surface area (Å²) in [6, 6.07) is 0. The Morgan fingerprint density at radius 3 is 2.89 bits per heavy atom. The molecule has 0 atom stereocenters. The summed E-state index contributed by atoms with van der Waals surface area (Å²) in [7, 11) is 1.71. The van der Waals surface area contributed by atoms with Gasteiger partial charge >= 0.3 is 0 Å². The zero-order valence-corrected chi connectivity index (χ0v) is 5.84. The Morgan fingerprint density at radius 2 is 2.33 bits per heavy atom. The van der Waals surface area contributed by atoms with Crippen LogP contribution < -0.4 is 5.84 Å². The fraction of sp³-hybridized carbons (Fsp3) is 0.833. The molecule has 0 radical (unpaired) electrons. The van der Waals surface area contributed by atoms with Gasteiger partial charge in [-0.15, -0.1) is 0 Å². The number of unbranched alkanes of at least 4 members (excludes halogenated alkanes) is 2. The predicted octanol–water partition coefficient (Wildman–Crippen LogP) is 0.748. The third kappa shape index (κ3) is 7.43. The van der Waals surface area contributed by atoms with Crippen LogP contribution in [0.2, 0.25) is 0 Å². The molecular weight excluding hydrogens is 116 g/mol. The van der Waals surface area contributed by atoms with E-state index in [0.29, 0.717) is 0 Å². The van der Waals surface area contributed by atoms with Crippen LogP contribution in [0.25, 0.3) is 0 Å². The van der Waals surface area contributed by atoms with E-state index < -0.39 is 0 Å². The molecule has 9 heavy (non-hydrogen) atoms. The number of ether oxygens (including phenoxy) is 1. The molecule has 0 amide bonds. The average Bonchev–Trinajstić information content (AvgIpc) is 1.89. The lowest BCUT2D eigenvalue weighted by Crippen LogP contribution is -1.89. The number of methoxy groups -OCH3 is 1. The number of hydrazone groups is 1. The molecule has 0 unspecified atom stereocenters. The van der Waals surface area contributed by atoms with Crippen LogP contribution in [0.3, 0.4) is 0 Å². The maximum Gasteiger partial charge on any atom is 0.0462 e. The van der Waals surface area contributed by atoms with Crippen LogP contribution >= 0.6 is 0 Å². The number of rotatable bonds is 5. The lowest BCUT2D eigenvalue weighted by atomic mass is 10.2. The third-order valence-corrected chi connectivity index (χ3v) is 1.04. The SMILES string of the molecule is COCCCC/C=N/N. The Hall–Kier alpha value is -0.570. The maximum absolute atomic E-state index is 4.88. The first-order chi connectivity index (χ1) is 4.41. The Morgan fingerprint density at radius 1 is 1.56 bits per heavy atom. The van der Waals surface area contributed by atoms with Crippen LogP contribution in [0.15, 0.2) is 5.10 Å². The first-order valence-electron chi connectivity index (χ1n) is 3.12. The Kier molecular flexibility index (Phi) is 6.96. The summed E-state index contributed by atoms with van der Waals surface area (Å²) in [5.41, 5.74) is 0. The average molecular weight is 130 g/mol. The highest BCUT2D eigenvalue weighted by Gasteiger charge is 1.83. The van der Waals surface area contributed by atoms with Crippen LogP contribution in [-0.2, 0) is 4.74 Å². The molecule has 3 nitrogen and oxygen atoms in total. The molecule has 0 saturated heterocycles. The molecule has 0 heterocycles.